The van der Waals surface area contributed by atoms with Crippen LogP contribution in [0.5, 0.6) is 11.5 Å². The summed E-state index contributed by atoms with van der Waals surface area (Å²) in [4.78, 5) is 0. The molecular weight excluding hydrogens is 274 g/mol. The Kier molecular flexibility index (Phi) is 5.70. The Balaban J connectivity index is 2.04. The number of ether oxygens (including phenoxy) is 2. The smallest absolute Gasteiger partial charge is 0.142 e. The van der Waals surface area contributed by atoms with E-state index in [4.69, 9.17) is 9.47 Å². The first-order chi connectivity index (χ1) is 10.5. The fraction of sp³-hybridized carbons (Fsp3) is 0.368. The molecule has 3 heteroatoms. The van der Waals surface area contributed by atoms with E-state index < -0.39 is 0 Å². The summed E-state index contributed by atoms with van der Waals surface area (Å²) in [5.74, 6) is 1.79. The molecule has 2 aromatic rings. The monoisotopic (exact) mass is 299 g/mol. The van der Waals surface area contributed by atoms with Gasteiger partial charge in [-0.1, -0.05) is 24.3 Å². The van der Waals surface area contributed by atoms with Crippen LogP contribution in [0, 0.1) is 0 Å². The van der Waals surface area contributed by atoms with Gasteiger partial charge in [-0.3, -0.25) is 0 Å². The Labute approximate surface area is 133 Å². The largest absolute Gasteiger partial charge is 0.491 e. The first-order valence-corrected chi connectivity index (χ1v) is 7.79. The maximum atomic E-state index is 5.82. The van der Waals surface area contributed by atoms with Gasteiger partial charge in [-0.15, -0.1) is 0 Å². The predicted molar refractivity (Wildman–Crippen MR) is 91.7 cm³/mol. The van der Waals surface area contributed by atoms with Gasteiger partial charge in [-0.25, -0.2) is 0 Å². The molecule has 0 aliphatic rings. The van der Waals surface area contributed by atoms with Crippen LogP contribution < -0.4 is 14.8 Å². The first kappa shape index (κ1) is 16.2. The van der Waals surface area contributed by atoms with Gasteiger partial charge in [0.05, 0.1) is 17.9 Å². The summed E-state index contributed by atoms with van der Waals surface area (Å²) in [6.45, 7) is 8.86. The Morgan fingerprint density at radius 3 is 2.32 bits per heavy atom. The zero-order valence-corrected chi connectivity index (χ0v) is 13.8. The maximum absolute atomic E-state index is 5.82. The van der Waals surface area contributed by atoms with Crippen molar-refractivity contribution in [2.24, 2.45) is 0 Å². The Bertz CT molecular complexity index is 593. The van der Waals surface area contributed by atoms with Crippen LogP contribution >= 0.6 is 0 Å². The van der Waals surface area contributed by atoms with Gasteiger partial charge in [-0.05, 0) is 57.5 Å². The van der Waals surface area contributed by atoms with Crippen molar-refractivity contribution in [3.8, 4) is 11.5 Å². The van der Waals surface area contributed by atoms with Crippen LogP contribution in [0.25, 0.3) is 0 Å². The van der Waals surface area contributed by atoms with Crippen molar-refractivity contribution in [3.05, 3.63) is 54.1 Å². The van der Waals surface area contributed by atoms with E-state index in [0.717, 1.165) is 23.7 Å². The number of rotatable bonds is 7. The zero-order chi connectivity index (χ0) is 15.9. The fourth-order valence-electron chi connectivity index (χ4n) is 2.17. The van der Waals surface area contributed by atoms with Crippen molar-refractivity contribution in [3.63, 3.8) is 0 Å². The van der Waals surface area contributed by atoms with Crippen LogP contribution in [0.15, 0.2) is 48.5 Å². The average molecular weight is 299 g/mol. The second-order valence-corrected chi connectivity index (χ2v) is 5.83. The van der Waals surface area contributed by atoms with Crippen LogP contribution in [0.2, 0.25) is 0 Å². The lowest BCUT2D eigenvalue weighted by atomic mass is 10.2. The van der Waals surface area contributed by atoms with E-state index in [9.17, 15) is 0 Å². The van der Waals surface area contributed by atoms with E-state index >= 15 is 0 Å². The molecule has 0 atom stereocenters. The molecular formula is C19H25NO2. The molecule has 2 aromatic carbocycles. The van der Waals surface area contributed by atoms with Crippen molar-refractivity contribution in [2.45, 2.75) is 46.4 Å². The molecule has 0 fully saturated rings. The topological polar surface area (TPSA) is 30.5 Å². The lowest BCUT2D eigenvalue weighted by Gasteiger charge is -2.16. The van der Waals surface area contributed by atoms with E-state index in [-0.39, 0.29) is 12.2 Å². The van der Waals surface area contributed by atoms with E-state index in [2.05, 4.69) is 17.4 Å². The predicted octanol–water partition coefficient (Wildman–Crippen LogP) is 4.87. The zero-order valence-electron chi connectivity index (χ0n) is 13.8. The van der Waals surface area contributed by atoms with Gasteiger partial charge < -0.3 is 14.8 Å². The number of anilines is 1. The summed E-state index contributed by atoms with van der Waals surface area (Å²) < 4.78 is 11.6. The Morgan fingerprint density at radius 1 is 0.864 bits per heavy atom. The molecule has 0 spiro atoms. The lowest BCUT2D eigenvalue weighted by Crippen LogP contribution is -2.09. The number of hydrogen-bond acceptors (Lipinski definition) is 3. The first-order valence-electron chi connectivity index (χ1n) is 7.79. The van der Waals surface area contributed by atoms with Crippen LogP contribution in [0.4, 0.5) is 5.69 Å². The molecule has 0 amide bonds. The average Bonchev–Trinajstić information content (AvgIpc) is 2.45. The van der Waals surface area contributed by atoms with Gasteiger partial charge in [0.1, 0.15) is 11.5 Å². The van der Waals surface area contributed by atoms with E-state index in [0.29, 0.717) is 0 Å². The van der Waals surface area contributed by atoms with E-state index in [1.807, 2.05) is 64.1 Å². The van der Waals surface area contributed by atoms with Gasteiger partial charge in [0.2, 0.25) is 0 Å². The molecule has 0 aliphatic carbocycles. The molecule has 0 aromatic heterocycles. The molecule has 0 radical (unpaired) electrons. The minimum absolute atomic E-state index is 0.158. The molecule has 0 aliphatic heterocycles. The summed E-state index contributed by atoms with van der Waals surface area (Å²) in [5.41, 5.74) is 2.18. The van der Waals surface area contributed by atoms with Gasteiger partial charge in [0, 0.05) is 6.54 Å². The molecule has 22 heavy (non-hydrogen) atoms. The molecule has 1 N–H and O–H groups in total. The van der Waals surface area contributed by atoms with Crippen LogP contribution in [-0.4, -0.2) is 12.2 Å². The number of hydrogen-bond donors (Lipinski definition) is 1. The van der Waals surface area contributed by atoms with Gasteiger partial charge in [0.25, 0.3) is 0 Å². The Hall–Kier alpha value is -2.16. The van der Waals surface area contributed by atoms with Gasteiger partial charge >= 0.3 is 0 Å². The lowest BCUT2D eigenvalue weighted by molar-refractivity contribution is 0.242. The normalized spacial score (nSPS) is 10.8. The van der Waals surface area contributed by atoms with Crippen molar-refractivity contribution >= 4 is 5.69 Å². The highest BCUT2D eigenvalue weighted by atomic mass is 16.5. The molecule has 0 bridgehead atoms. The van der Waals surface area contributed by atoms with Crippen LogP contribution in [0.3, 0.4) is 0 Å². The highest BCUT2D eigenvalue weighted by molar-refractivity contribution is 5.56. The minimum atomic E-state index is 0.158. The third-order valence-electron chi connectivity index (χ3n) is 3.00. The maximum Gasteiger partial charge on any atom is 0.142 e. The molecule has 118 valence electrons. The fourth-order valence-corrected chi connectivity index (χ4v) is 2.17. The number of para-hydroxylation sites is 2. The van der Waals surface area contributed by atoms with E-state index in [1.54, 1.807) is 0 Å². The highest BCUT2D eigenvalue weighted by Gasteiger charge is 2.05. The number of nitrogens with one attached hydrogen (secondary N) is 1. The van der Waals surface area contributed by atoms with E-state index in [1.165, 1.54) is 5.56 Å². The molecule has 2 rings (SSSR count). The molecule has 0 heterocycles. The molecule has 0 unspecified atom stereocenters. The van der Waals surface area contributed by atoms with Crippen molar-refractivity contribution in [1.82, 2.24) is 0 Å². The van der Waals surface area contributed by atoms with Gasteiger partial charge in [0.15, 0.2) is 0 Å². The van der Waals surface area contributed by atoms with Crippen molar-refractivity contribution in [1.29, 1.82) is 0 Å². The standard InChI is InChI=1S/C19H25NO2/c1-14(2)21-17-9-7-8-16(12-17)13-20-18-10-5-6-11-19(18)22-15(3)4/h5-12,14-15,20H,13H2,1-4H3. The summed E-state index contributed by atoms with van der Waals surface area (Å²) in [7, 11) is 0. The molecule has 0 saturated heterocycles. The van der Waals surface area contributed by atoms with Gasteiger partial charge in [-0.2, -0.15) is 0 Å². The summed E-state index contributed by atoms with van der Waals surface area (Å²) in [5, 5.41) is 3.43. The summed E-state index contributed by atoms with van der Waals surface area (Å²) >= 11 is 0. The van der Waals surface area contributed by atoms with Crippen molar-refractivity contribution < 1.29 is 9.47 Å². The summed E-state index contributed by atoms with van der Waals surface area (Å²) in [6, 6.07) is 16.2. The van der Waals surface area contributed by atoms with Crippen LogP contribution in [0.1, 0.15) is 33.3 Å². The quantitative estimate of drug-likeness (QED) is 0.791. The molecule has 0 saturated carbocycles. The third kappa shape index (κ3) is 4.99. The summed E-state index contributed by atoms with van der Waals surface area (Å²) in [6.07, 6.45) is 0.342. The highest BCUT2D eigenvalue weighted by Crippen LogP contribution is 2.25. The third-order valence-corrected chi connectivity index (χ3v) is 3.00. The van der Waals surface area contributed by atoms with Crippen LogP contribution in [-0.2, 0) is 6.54 Å². The second-order valence-electron chi connectivity index (χ2n) is 5.83. The Morgan fingerprint density at radius 2 is 1.59 bits per heavy atom. The SMILES string of the molecule is CC(C)Oc1cccc(CNc2ccccc2OC(C)C)c1. The molecule has 3 nitrogen and oxygen atoms in total. The van der Waals surface area contributed by atoms with Crippen molar-refractivity contribution in [2.75, 3.05) is 5.32 Å². The second kappa shape index (κ2) is 7.74. The minimum Gasteiger partial charge on any atom is -0.491 e. The number of benzene rings is 2.